The number of carbonyl (C=O) groups excluding carboxylic acids is 3. The highest BCUT2D eigenvalue weighted by molar-refractivity contribution is 6.68. The van der Waals surface area contributed by atoms with Crippen LogP contribution < -0.4 is 11.1 Å². The van der Waals surface area contributed by atoms with Crippen LogP contribution in [0.3, 0.4) is 0 Å². The Morgan fingerprint density at radius 2 is 1.50 bits per heavy atom. The first-order valence-corrected chi connectivity index (χ1v) is 5.34. The lowest BCUT2D eigenvalue weighted by molar-refractivity contribution is -0.131. The molecule has 0 saturated heterocycles. The molecule has 3 N–H and O–H groups in total. The van der Waals surface area contributed by atoms with Gasteiger partial charge in [-0.3, -0.25) is 9.59 Å². The maximum atomic E-state index is 11.3. The van der Waals surface area contributed by atoms with Crippen LogP contribution in [0, 0.1) is 5.92 Å². The van der Waals surface area contributed by atoms with Crippen LogP contribution in [0.1, 0.15) is 13.8 Å². The summed E-state index contributed by atoms with van der Waals surface area (Å²) in [6.45, 7) is 2.33. The SMILES string of the molecule is CC(=O)C(C(C)=O)C(NC(N)=O)C(Cl)(Cl)Cl. The molecule has 0 aromatic carbocycles. The summed E-state index contributed by atoms with van der Waals surface area (Å²) < 4.78 is -2.00. The van der Waals surface area contributed by atoms with Gasteiger partial charge in [0.05, 0.1) is 6.04 Å². The van der Waals surface area contributed by atoms with Gasteiger partial charge in [-0.15, -0.1) is 0 Å². The Balaban J connectivity index is 5.21. The normalized spacial score (nSPS) is 13.4. The molecule has 1 atom stereocenters. The number of nitrogens with one attached hydrogen (secondary N) is 1. The molecule has 92 valence electrons. The molecule has 0 aromatic heterocycles. The van der Waals surface area contributed by atoms with E-state index in [9.17, 15) is 14.4 Å². The fourth-order valence-corrected chi connectivity index (χ4v) is 1.80. The smallest absolute Gasteiger partial charge is 0.312 e. The lowest BCUT2D eigenvalue weighted by Gasteiger charge is -2.29. The zero-order valence-corrected chi connectivity index (χ0v) is 10.9. The Morgan fingerprint density at radius 1 is 1.12 bits per heavy atom. The van der Waals surface area contributed by atoms with Gasteiger partial charge in [-0.25, -0.2) is 4.79 Å². The molecule has 0 radical (unpaired) electrons. The minimum absolute atomic E-state index is 0.516. The van der Waals surface area contributed by atoms with E-state index in [0.717, 1.165) is 13.8 Å². The molecule has 0 rings (SSSR count). The van der Waals surface area contributed by atoms with Crippen LogP contribution in [-0.2, 0) is 9.59 Å². The van der Waals surface area contributed by atoms with Crippen molar-refractivity contribution in [2.75, 3.05) is 0 Å². The molecule has 8 heteroatoms. The Hall–Kier alpha value is -0.520. The van der Waals surface area contributed by atoms with Crippen LogP contribution in [-0.4, -0.2) is 27.4 Å². The van der Waals surface area contributed by atoms with E-state index in [4.69, 9.17) is 40.5 Å². The number of amides is 2. The van der Waals surface area contributed by atoms with Crippen molar-refractivity contribution in [1.82, 2.24) is 5.32 Å². The quantitative estimate of drug-likeness (QED) is 0.602. The van der Waals surface area contributed by atoms with Crippen molar-refractivity contribution >= 4 is 52.4 Å². The number of Topliss-reactive ketones (excluding diaryl/α,β-unsaturated/α-hetero) is 2. The molecule has 0 heterocycles. The largest absolute Gasteiger partial charge is 0.352 e. The number of nitrogens with two attached hydrogens (primary N) is 1. The van der Waals surface area contributed by atoms with Gasteiger partial charge in [-0.05, 0) is 13.8 Å². The standard InChI is InChI=1S/C8H11Cl3N2O3/c1-3(14)5(4(2)15)6(8(9,10)11)13-7(12)16/h5-6H,1-2H3,(H3,12,13,16). The molecule has 2 amide bonds. The molecule has 0 spiro atoms. The van der Waals surface area contributed by atoms with Crippen molar-refractivity contribution in [2.45, 2.75) is 23.7 Å². The summed E-state index contributed by atoms with van der Waals surface area (Å²) in [6, 6.07) is -2.27. The van der Waals surface area contributed by atoms with E-state index < -0.39 is 33.3 Å². The lowest BCUT2D eigenvalue weighted by atomic mass is 9.93. The summed E-state index contributed by atoms with van der Waals surface area (Å²) in [6.07, 6.45) is 0. The molecule has 0 fully saturated rings. The third-order valence-electron chi connectivity index (χ3n) is 1.86. The molecule has 5 nitrogen and oxygen atoms in total. The molecule has 0 saturated carbocycles. The number of hydrogen-bond acceptors (Lipinski definition) is 3. The Labute approximate surface area is 108 Å². The number of carbonyl (C=O) groups is 3. The zero-order valence-electron chi connectivity index (χ0n) is 8.59. The summed E-state index contributed by atoms with van der Waals surface area (Å²) in [7, 11) is 0. The highest BCUT2D eigenvalue weighted by atomic mass is 35.6. The third kappa shape index (κ3) is 4.55. The first-order chi connectivity index (χ1) is 7.07. The van der Waals surface area contributed by atoms with Gasteiger partial charge in [0.2, 0.25) is 3.79 Å². The molecule has 0 aliphatic heterocycles. The Kier molecular flexibility index (Phi) is 5.52. The first kappa shape index (κ1) is 15.5. The molecular weight excluding hydrogens is 278 g/mol. The second-order valence-corrected chi connectivity index (χ2v) is 5.60. The van der Waals surface area contributed by atoms with Crippen molar-refractivity contribution in [3.63, 3.8) is 0 Å². The minimum Gasteiger partial charge on any atom is -0.352 e. The van der Waals surface area contributed by atoms with Gasteiger partial charge in [0, 0.05) is 0 Å². The topological polar surface area (TPSA) is 89.3 Å². The Morgan fingerprint density at radius 3 is 1.69 bits per heavy atom. The summed E-state index contributed by atoms with van der Waals surface area (Å²) in [5.41, 5.74) is 4.88. The van der Waals surface area contributed by atoms with Gasteiger partial charge >= 0.3 is 6.03 Å². The zero-order chi connectivity index (χ0) is 13.1. The molecular formula is C8H11Cl3N2O3. The third-order valence-corrected chi connectivity index (χ3v) is 2.56. The van der Waals surface area contributed by atoms with Gasteiger partial charge in [0.1, 0.15) is 17.5 Å². The van der Waals surface area contributed by atoms with Crippen LogP contribution in [0.4, 0.5) is 4.79 Å². The fraction of sp³-hybridized carbons (Fsp3) is 0.625. The van der Waals surface area contributed by atoms with Crippen molar-refractivity contribution in [2.24, 2.45) is 11.7 Å². The van der Waals surface area contributed by atoms with E-state index in [2.05, 4.69) is 5.32 Å². The molecule has 16 heavy (non-hydrogen) atoms. The van der Waals surface area contributed by atoms with E-state index >= 15 is 0 Å². The summed E-state index contributed by atoms with van der Waals surface area (Å²) in [5.74, 6) is -2.27. The van der Waals surface area contributed by atoms with E-state index in [1.165, 1.54) is 0 Å². The molecule has 0 aliphatic rings. The maximum absolute atomic E-state index is 11.3. The predicted octanol–water partition coefficient (Wildman–Crippen LogP) is 1.19. The first-order valence-electron chi connectivity index (χ1n) is 4.21. The number of urea groups is 1. The fourth-order valence-electron chi connectivity index (χ4n) is 1.26. The number of primary amides is 1. The molecule has 1 unspecified atom stereocenters. The van der Waals surface area contributed by atoms with E-state index in [0.29, 0.717) is 0 Å². The number of halogens is 3. The lowest BCUT2D eigenvalue weighted by Crippen LogP contribution is -2.54. The van der Waals surface area contributed by atoms with Crippen LogP contribution >= 0.6 is 34.8 Å². The molecule has 0 bridgehead atoms. The van der Waals surface area contributed by atoms with E-state index in [1.54, 1.807) is 0 Å². The van der Waals surface area contributed by atoms with Gasteiger partial charge in [0.15, 0.2) is 0 Å². The number of hydrogen-bond donors (Lipinski definition) is 2. The molecule has 0 aromatic rings. The van der Waals surface area contributed by atoms with Crippen LogP contribution in [0.2, 0.25) is 0 Å². The van der Waals surface area contributed by atoms with Crippen molar-refractivity contribution in [1.29, 1.82) is 0 Å². The van der Waals surface area contributed by atoms with E-state index in [1.807, 2.05) is 0 Å². The van der Waals surface area contributed by atoms with Crippen molar-refractivity contribution < 1.29 is 14.4 Å². The number of ketones is 2. The number of rotatable bonds is 4. The maximum Gasteiger partial charge on any atom is 0.312 e. The predicted molar refractivity (Wildman–Crippen MR) is 61.6 cm³/mol. The van der Waals surface area contributed by atoms with Crippen molar-refractivity contribution in [3.05, 3.63) is 0 Å². The van der Waals surface area contributed by atoms with Crippen molar-refractivity contribution in [3.8, 4) is 0 Å². The second kappa shape index (κ2) is 5.70. The van der Waals surface area contributed by atoms with Gasteiger partial charge in [-0.2, -0.15) is 0 Å². The van der Waals surface area contributed by atoms with Gasteiger partial charge in [-0.1, -0.05) is 34.8 Å². The summed E-state index contributed by atoms with van der Waals surface area (Å²) >= 11 is 16.7. The van der Waals surface area contributed by atoms with Crippen LogP contribution in [0.25, 0.3) is 0 Å². The van der Waals surface area contributed by atoms with Crippen LogP contribution in [0.15, 0.2) is 0 Å². The minimum atomic E-state index is -2.00. The second-order valence-electron chi connectivity index (χ2n) is 3.23. The molecule has 0 aliphatic carbocycles. The summed E-state index contributed by atoms with van der Waals surface area (Å²) in [5, 5.41) is 2.08. The van der Waals surface area contributed by atoms with Gasteiger partial charge < -0.3 is 11.1 Å². The average molecular weight is 290 g/mol. The average Bonchev–Trinajstić information content (AvgIpc) is 1.98. The monoisotopic (exact) mass is 288 g/mol. The number of alkyl halides is 3. The van der Waals surface area contributed by atoms with E-state index in [-0.39, 0.29) is 0 Å². The summed E-state index contributed by atoms with van der Waals surface area (Å²) in [4.78, 5) is 33.3. The van der Waals surface area contributed by atoms with Crippen LogP contribution in [0.5, 0.6) is 0 Å². The highest BCUT2D eigenvalue weighted by Crippen LogP contribution is 2.34. The van der Waals surface area contributed by atoms with Gasteiger partial charge in [0.25, 0.3) is 0 Å². The Bertz CT molecular complexity index is 300. The highest BCUT2D eigenvalue weighted by Gasteiger charge is 2.43.